The first-order valence-electron chi connectivity index (χ1n) is 11.5. The third kappa shape index (κ3) is 3.59. The van der Waals surface area contributed by atoms with E-state index in [0.29, 0.717) is 0 Å². The number of hydrogen-bond acceptors (Lipinski definition) is 4. The van der Waals surface area contributed by atoms with Gasteiger partial charge in [0.2, 0.25) is 0 Å². The molecule has 0 aliphatic rings. The number of hydrogen-bond donors (Lipinski definition) is 0. The summed E-state index contributed by atoms with van der Waals surface area (Å²) in [4.78, 5) is 19.3. The Morgan fingerprint density at radius 1 is 0.556 bits per heavy atom. The average molecular weight is 642 g/mol. The zero-order valence-electron chi connectivity index (χ0n) is 19.0. The molecule has 0 unspecified atom stereocenters. The van der Waals surface area contributed by atoms with Crippen LogP contribution in [0.3, 0.4) is 0 Å². The zero-order valence-corrected chi connectivity index (χ0v) is 21.4. The van der Waals surface area contributed by atoms with E-state index in [0.717, 1.165) is 61.3 Å². The maximum atomic E-state index is 5.24. The standard InChI is InChI=1S/C30H19N5.Ir/c1-2-15-27-21(10-1)23-19-20-9-7-11-22(24-12-3-5-17-31-24)29(20)34-30(23)35(27)28-16-8-14-26(33-28)25-13-4-6-18-32-25;/h1-19H;. The van der Waals surface area contributed by atoms with Crippen molar-refractivity contribution in [3.8, 4) is 28.5 Å². The number of nitrogens with zero attached hydrogens (tertiary/aromatic N) is 5. The molecule has 0 amide bonds. The Kier molecular flexibility index (Phi) is 5.61. The van der Waals surface area contributed by atoms with Crippen LogP contribution in [0.2, 0.25) is 0 Å². The predicted octanol–water partition coefficient (Wildman–Crippen LogP) is 6.85. The van der Waals surface area contributed by atoms with E-state index in [9.17, 15) is 0 Å². The first-order valence-corrected chi connectivity index (χ1v) is 11.5. The quantitative estimate of drug-likeness (QED) is 0.212. The minimum Gasteiger partial charge on any atom is -0.278 e. The van der Waals surface area contributed by atoms with Gasteiger partial charge in [-0.1, -0.05) is 54.6 Å². The second-order valence-electron chi connectivity index (χ2n) is 8.40. The minimum atomic E-state index is 0. The van der Waals surface area contributed by atoms with Crippen molar-refractivity contribution in [3.05, 3.63) is 116 Å². The fraction of sp³-hybridized carbons (Fsp3) is 0. The van der Waals surface area contributed by atoms with Crippen LogP contribution < -0.4 is 0 Å². The van der Waals surface area contributed by atoms with E-state index in [1.807, 2.05) is 60.8 Å². The Bertz CT molecular complexity index is 1850. The molecule has 0 bridgehead atoms. The van der Waals surface area contributed by atoms with Crippen molar-refractivity contribution >= 4 is 32.8 Å². The number of aromatic nitrogens is 5. The van der Waals surface area contributed by atoms with Gasteiger partial charge in [-0.2, -0.15) is 0 Å². The van der Waals surface area contributed by atoms with Crippen LogP contribution >= 0.6 is 0 Å². The van der Waals surface area contributed by atoms with Crippen molar-refractivity contribution in [3.63, 3.8) is 0 Å². The molecule has 0 aliphatic heterocycles. The molecule has 5 nitrogen and oxygen atoms in total. The molecule has 0 fully saturated rings. The summed E-state index contributed by atoms with van der Waals surface area (Å²) in [6, 6.07) is 34.7. The van der Waals surface area contributed by atoms with E-state index in [1.54, 1.807) is 6.20 Å². The Hall–Kier alpha value is -4.25. The van der Waals surface area contributed by atoms with Crippen LogP contribution in [-0.4, -0.2) is 24.5 Å². The van der Waals surface area contributed by atoms with Gasteiger partial charge in [0, 0.05) is 54.2 Å². The van der Waals surface area contributed by atoms with E-state index in [-0.39, 0.29) is 20.1 Å². The van der Waals surface area contributed by atoms with Crippen molar-refractivity contribution in [2.45, 2.75) is 0 Å². The van der Waals surface area contributed by atoms with Gasteiger partial charge >= 0.3 is 0 Å². The fourth-order valence-corrected chi connectivity index (χ4v) is 4.73. The molecule has 7 aromatic rings. The fourth-order valence-electron chi connectivity index (χ4n) is 4.73. The van der Waals surface area contributed by atoms with E-state index in [1.165, 1.54) is 0 Å². The molecule has 36 heavy (non-hydrogen) atoms. The van der Waals surface area contributed by atoms with Gasteiger partial charge in [-0.05, 0) is 48.5 Å². The molecule has 5 heterocycles. The normalized spacial score (nSPS) is 11.1. The maximum Gasteiger partial charge on any atom is 0.147 e. The number of pyridine rings is 4. The van der Waals surface area contributed by atoms with Gasteiger partial charge in [0.25, 0.3) is 0 Å². The Morgan fingerprint density at radius 2 is 1.28 bits per heavy atom. The molecular weight excluding hydrogens is 623 g/mol. The number of para-hydroxylation sites is 2. The van der Waals surface area contributed by atoms with Crippen molar-refractivity contribution < 1.29 is 20.1 Å². The number of benzene rings is 2. The first kappa shape index (κ1) is 22.2. The van der Waals surface area contributed by atoms with Crippen LogP contribution in [-0.2, 0) is 20.1 Å². The summed E-state index contributed by atoms with van der Waals surface area (Å²) in [6.07, 6.45) is 3.60. The van der Waals surface area contributed by atoms with Gasteiger partial charge < -0.3 is 0 Å². The Labute approximate surface area is 220 Å². The summed E-state index contributed by atoms with van der Waals surface area (Å²) in [7, 11) is 0. The molecular formula is C30H19IrN5. The summed E-state index contributed by atoms with van der Waals surface area (Å²) >= 11 is 0. The van der Waals surface area contributed by atoms with Gasteiger partial charge in [-0.3, -0.25) is 14.5 Å². The molecule has 173 valence electrons. The summed E-state index contributed by atoms with van der Waals surface area (Å²) < 4.78 is 2.14. The second kappa shape index (κ2) is 9.08. The van der Waals surface area contributed by atoms with Gasteiger partial charge in [0.05, 0.1) is 28.1 Å². The summed E-state index contributed by atoms with van der Waals surface area (Å²) in [6.45, 7) is 0. The van der Waals surface area contributed by atoms with Crippen molar-refractivity contribution in [2.75, 3.05) is 0 Å². The molecule has 0 saturated heterocycles. The van der Waals surface area contributed by atoms with Crippen LogP contribution in [0.1, 0.15) is 0 Å². The topological polar surface area (TPSA) is 56.5 Å². The first-order chi connectivity index (χ1) is 17.4. The van der Waals surface area contributed by atoms with Gasteiger partial charge in [-0.25, -0.2) is 9.97 Å². The molecule has 0 spiro atoms. The molecule has 0 saturated carbocycles. The van der Waals surface area contributed by atoms with Crippen LogP contribution in [0, 0.1) is 0 Å². The van der Waals surface area contributed by atoms with E-state index in [2.05, 4.69) is 63.1 Å². The third-order valence-electron chi connectivity index (χ3n) is 6.30. The molecule has 6 heteroatoms. The summed E-state index contributed by atoms with van der Waals surface area (Å²) in [5.74, 6) is 0.807. The molecule has 7 rings (SSSR count). The molecule has 0 aliphatic carbocycles. The van der Waals surface area contributed by atoms with Gasteiger partial charge in [0.1, 0.15) is 11.5 Å². The van der Waals surface area contributed by atoms with Crippen molar-refractivity contribution in [1.82, 2.24) is 24.5 Å². The van der Waals surface area contributed by atoms with E-state index < -0.39 is 0 Å². The Morgan fingerprint density at radius 3 is 2.08 bits per heavy atom. The Balaban J connectivity index is 0.00000240. The van der Waals surface area contributed by atoms with Gasteiger partial charge in [-0.15, -0.1) is 0 Å². The van der Waals surface area contributed by atoms with Crippen molar-refractivity contribution in [2.24, 2.45) is 0 Å². The van der Waals surface area contributed by atoms with Crippen LogP contribution in [0.15, 0.2) is 116 Å². The van der Waals surface area contributed by atoms with Crippen LogP contribution in [0.4, 0.5) is 0 Å². The van der Waals surface area contributed by atoms with E-state index >= 15 is 0 Å². The summed E-state index contributed by atoms with van der Waals surface area (Å²) in [5.41, 5.74) is 6.43. The zero-order chi connectivity index (χ0) is 23.2. The van der Waals surface area contributed by atoms with Crippen LogP contribution in [0.5, 0.6) is 0 Å². The van der Waals surface area contributed by atoms with Crippen LogP contribution in [0.25, 0.3) is 61.3 Å². The largest absolute Gasteiger partial charge is 0.278 e. The second-order valence-corrected chi connectivity index (χ2v) is 8.40. The molecule has 0 N–H and O–H groups in total. The average Bonchev–Trinajstić information content (AvgIpc) is 3.26. The minimum absolute atomic E-state index is 0. The molecule has 0 atom stereocenters. The van der Waals surface area contributed by atoms with Gasteiger partial charge in [0.15, 0.2) is 0 Å². The third-order valence-corrected chi connectivity index (χ3v) is 6.30. The maximum absolute atomic E-state index is 5.24. The number of rotatable bonds is 3. The number of fused-ring (bicyclic) bond motifs is 4. The molecule has 2 aromatic carbocycles. The molecule has 1 radical (unpaired) electrons. The summed E-state index contributed by atoms with van der Waals surface area (Å²) in [5, 5.41) is 3.32. The monoisotopic (exact) mass is 642 g/mol. The van der Waals surface area contributed by atoms with E-state index in [4.69, 9.17) is 9.97 Å². The predicted molar refractivity (Wildman–Crippen MR) is 140 cm³/mol. The smallest absolute Gasteiger partial charge is 0.147 e. The SMILES string of the molecule is [Ir].c1ccc(-c2cccc(-n3c4ccccc4c4cc5cccc(-c6ccccn6)c5nc43)n2)nc1. The van der Waals surface area contributed by atoms with Crippen molar-refractivity contribution in [1.29, 1.82) is 0 Å². The molecule has 5 aromatic heterocycles.